The molecular formula is C10H17N7S. The van der Waals surface area contributed by atoms with Gasteiger partial charge in [-0.2, -0.15) is 15.0 Å². The zero-order valence-corrected chi connectivity index (χ0v) is 10.9. The lowest BCUT2D eigenvalue weighted by atomic mass is 10.1. The molecule has 0 amide bonds. The quantitative estimate of drug-likeness (QED) is 0.541. The van der Waals surface area contributed by atoms with Gasteiger partial charge in [0.05, 0.1) is 5.75 Å². The molecule has 1 aromatic rings. The standard InChI is InChI=1S/C10H17N7S/c11-8(12)18-6-7-14-9(13)16-10(15-7)17-4-2-1-3-5-17/h1-6H2,(H3,11,12)(H2,13,14,15,16). The van der Waals surface area contributed by atoms with Gasteiger partial charge in [0.1, 0.15) is 5.82 Å². The van der Waals surface area contributed by atoms with Crippen molar-refractivity contribution in [3.63, 3.8) is 0 Å². The third-order valence-corrected chi connectivity index (χ3v) is 3.40. The van der Waals surface area contributed by atoms with Gasteiger partial charge in [0.15, 0.2) is 5.17 Å². The van der Waals surface area contributed by atoms with Gasteiger partial charge >= 0.3 is 0 Å². The lowest BCUT2D eigenvalue weighted by molar-refractivity contribution is 0.567. The van der Waals surface area contributed by atoms with Gasteiger partial charge in [0.2, 0.25) is 11.9 Å². The lowest BCUT2D eigenvalue weighted by Crippen LogP contribution is -2.31. The Kier molecular flexibility index (Phi) is 4.19. The number of amidine groups is 1. The Balaban J connectivity index is 2.12. The SMILES string of the molecule is N=C(N)SCc1nc(N)nc(N2CCCCC2)n1. The van der Waals surface area contributed by atoms with Gasteiger partial charge in [-0.1, -0.05) is 11.8 Å². The van der Waals surface area contributed by atoms with Crippen molar-refractivity contribution < 1.29 is 0 Å². The summed E-state index contributed by atoms with van der Waals surface area (Å²) >= 11 is 1.18. The molecule has 0 aliphatic carbocycles. The van der Waals surface area contributed by atoms with Crippen molar-refractivity contribution in [1.29, 1.82) is 5.41 Å². The first-order valence-electron chi connectivity index (χ1n) is 5.87. The van der Waals surface area contributed by atoms with Crippen molar-refractivity contribution in [3.8, 4) is 0 Å². The second-order valence-electron chi connectivity index (χ2n) is 4.11. The Morgan fingerprint density at radius 2 is 1.94 bits per heavy atom. The lowest BCUT2D eigenvalue weighted by Gasteiger charge is -2.26. The monoisotopic (exact) mass is 267 g/mol. The molecule has 2 rings (SSSR count). The molecule has 1 aliphatic rings. The van der Waals surface area contributed by atoms with Crippen molar-refractivity contribution >= 4 is 28.8 Å². The van der Waals surface area contributed by atoms with E-state index in [1.54, 1.807) is 0 Å². The van der Waals surface area contributed by atoms with E-state index in [9.17, 15) is 0 Å². The summed E-state index contributed by atoms with van der Waals surface area (Å²) in [6.45, 7) is 1.92. The molecule has 0 radical (unpaired) electrons. The average molecular weight is 267 g/mol. The van der Waals surface area contributed by atoms with Gasteiger partial charge in [-0.05, 0) is 19.3 Å². The van der Waals surface area contributed by atoms with Crippen molar-refractivity contribution in [2.24, 2.45) is 5.73 Å². The molecule has 8 heteroatoms. The smallest absolute Gasteiger partial charge is 0.230 e. The first-order valence-corrected chi connectivity index (χ1v) is 6.86. The van der Waals surface area contributed by atoms with Crippen LogP contribution in [0.15, 0.2) is 0 Å². The molecule has 5 N–H and O–H groups in total. The van der Waals surface area contributed by atoms with Gasteiger partial charge in [-0.15, -0.1) is 0 Å². The number of nitrogens with zero attached hydrogens (tertiary/aromatic N) is 4. The summed E-state index contributed by atoms with van der Waals surface area (Å²) in [5, 5.41) is 7.22. The molecule has 0 saturated carbocycles. The normalized spacial score (nSPS) is 15.7. The van der Waals surface area contributed by atoms with Crippen LogP contribution in [-0.2, 0) is 5.75 Å². The fraction of sp³-hybridized carbons (Fsp3) is 0.600. The van der Waals surface area contributed by atoms with E-state index in [4.69, 9.17) is 16.9 Å². The summed E-state index contributed by atoms with van der Waals surface area (Å²) in [6, 6.07) is 0. The molecule has 1 saturated heterocycles. The van der Waals surface area contributed by atoms with Crippen LogP contribution in [0.3, 0.4) is 0 Å². The highest BCUT2D eigenvalue weighted by atomic mass is 32.2. The molecule has 18 heavy (non-hydrogen) atoms. The van der Waals surface area contributed by atoms with Crippen LogP contribution in [0, 0.1) is 5.41 Å². The average Bonchev–Trinajstić information content (AvgIpc) is 2.37. The molecule has 1 fully saturated rings. The molecule has 0 atom stereocenters. The number of hydrogen-bond acceptors (Lipinski definition) is 7. The molecular weight excluding hydrogens is 250 g/mol. The van der Waals surface area contributed by atoms with Crippen LogP contribution in [0.25, 0.3) is 0 Å². The second-order valence-corrected chi connectivity index (χ2v) is 5.13. The maximum atomic E-state index is 7.17. The number of thioether (sulfide) groups is 1. The number of aromatic nitrogens is 3. The Labute approximate surface area is 110 Å². The van der Waals surface area contributed by atoms with E-state index in [0.717, 1.165) is 25.9 Å². The van der Waals surface area contributed by atoms with Gasteiger partial charge in [-0.3, -0.25) is 5.41 Å². The number of nitrogens with two attached hydrogens (primary N) is 2. The minimum absolute atomic E-state index is 0.0495. The maximum absolute atomic E-state index is 7.17. The van der Waals surface area contributed by atoms with Crippen molar-refractivity contribution in [2.75, 3.05) is 23.7 Å². The molecule has 0 aromatic carbocycles. The van der Waals surface area contributed by atoms with E-state index >= 15 is 0 Å². The van der Waals surface area contributed by atoms with Crippen LogP contribution in [0.4, 0.5) is 11.9 Å². The predicted octanol–water partition coefficient (Wildman–Crippen LogP) is 0.571. The van der Waals surface area contributed by atoms with Crippen LogP contribution >= 0.6 is 11.8 Å². The number of anilines is 2. The summed E-state index contributed by atoms with van der Waals surface area (Å²) in [6.07, 6.45) is 3.57. The highest BCUT2D eigenvalue weighted by Crippen LogP contribution is 2.17. The van der Waals surface area contributed by atoms with Crippen LogP contribution in [0.1, 0.15) is 25.1 Å². The Hall–Kier alpha value is -1.57. The first-order chi connectivity index (χ1) is 8.65. The third-order valence-electron chi connectivity index (χ3n) is 2.68. The Morgan fingerprint density at radius 3 is 2.61 bits per heavy atom. The highest BCUT2D eigenvalue weighted by Gasteiger charge is 2.15. The van der Waals surface area contributed by atoms with Gasteiger partial charge in [0, 0.05) is 13.1 Å². The molecule has 98 valence electrons. The molecule has 1 aromatic heterocycles. The molecule has 7 nitrogen and oxygen atoms in total. The van der Waals surface area contributed by atoms with Crippen molar-refractivity contribution in [2.45, 2.75) is 25.0 Å². The zero-order chi connectivity index (χ0) is 13.0. The van der Waals surface area contributed by atoms with E-state index in [1.807, 2.05) is 0 Å². The van der Waals surface area contributed by atoms with Crippen LogP contribution < -0.4 is 16.4 Å². The van der Waals surface area contributed by atoms with E-state index < -0.39 is 0 Å². The van der Waals surface area contributed by atoms with Crippen LogP contribution in [-0.4, -0.2) is 33.2 Å². The molecule has 1 aliphatic heterocycles. The maximum Gasteiger partial charge on any atom is 0.230 e. The summed E-state index contributed by atoms with van der Waals surface area (Å²) < 4.78 is 0. The number of piperidine rings is 1. The minimum atomic E-state index is 0.0495. The largest absolute Gasteiger partial charge is 0.379 e. The van der Waals surface area contributed by atoms with Gasteiger partial charge in [0.25, 0.3) is 0 Å². The summed E-state index contributed by atoms with van der Waals surface area (Å²) in [4.78, 5) is 14.7. The van der Waals surface area contributed by atoms with Gasteiger partial charge in [-0.25, -0.2) is 0 Å². The fourth-order valence-electron chi connectivity index (χ4n) is 1.87. The first kappa shape index (κ1) is 12.9. The minimum Gasteiger partial charge on any atom is -0.379 e. The third kappa shape index (κ3) is 3.46. The number of nitrogens with one attached hydrogen (secondary N) is 1. The summed E-state index contributed by atoms with van der Waals surface area (Å²) in [5.74, 6) is 1.89. The van der Waals surface area contributed by atoms with E-state index in [1.165, 1.54) is 18.2 Å². The fourth-order valence-corrected chi connectivity index (χ4v) is 2.28. The van der Waals surface area contributed by atoms with Crippen LogP contribution in [0.2, 0.25) is 0 Å². The molecule has 0 bridgehead atoms. The number of hydrogen-bond donors (Lipinski definition) is 3. The van der Waals surface area contributed by atoms with Crippen molar-refractivity contribution in [1.82, 2.24) is 15.0 Å². The molecule has 2 heterocycles. The number of nitrogen functional groups attached to an aromatic ring is 1. The van der Waals surface area contributed by atoms with Gasteiger partial charge < -0.3 is 16.4 Å². The Morgan fingerprint density at radius 1 is 1.22 bits per heavy atom. The van der Waals surface area contributed by atoms with E-state index in [-0.39, 0.29) is 11.1 Å². The topological polar surface area (TPSA) is 118 Å². The predicted molar refractivity (Wildman–Crippen MR) is 73.5 cm³/mol. The van der Waals surface area contributed by atoms with Crippen molar-refractivity contribution in [3.05, 3.63) is 5.82 Å². The summed E-state index contributed by atoms with van der Waals surface area (Å²) in [5.41, 5.74) is 11.0. The highest BCUT2D eigenvalue weighted by molar-refractivity contribution is 8.12. The Bertz CT molecular complexity index is 430. The van der Waals surface area contributed by atoms with E-state index in [2.05, 4.69) is 19.9 Å². The zero-order valence-electron chi connectivity index (χ0n) is 10.1. The molecule has 0 spiro atoms. The summed E-state index contributed by atoms with van der Waals surface area (Å²) in [7, 11) is 0. The molecule has 0 unspecified atom stereocenters. The van der Waals surface area contributed by atoms with E-state index in [0.29, 0.717) is 17.5 Å². The number of rotatable bonds is 3. The van der Waals surface area contributed by atoms with Crippen LogP contribution in [0.5, 0.6) is 0 Å². The second kappa shape index (κ2) is 5.85.